The van der Waals surface area contributed by atoms with Gasteiger partial charge in [-0.1, -0.05) is 6.92 Å². The molecule has 3 nitrogen and oxygen atoms in total. The molecule has 18 heavy (non-hydrogen) atoms. The molecule has 1 aromatic rings. The molecule has 1 fully saturated rings. The van der Waals surface area contributed by atoms with Gasteiger partial charge in [0.1, 0.15) is 0 Å². The van der Waals surface area contributed by atoms with E-state index in [1.807, 2.05) is 6.20 Å². The van der Waals surface area contributed by atoms with Crippen molar-refractivity contribution >= 4 is 17.3 Å². The maximum Gasteiger partial charge on any atom is 0.0648 e. The van der Waals surface area contributed by atoms with E-state index in [0.717, 1.165) is 18.8 Å². The van der Waals surface area contributed by atoms with Crippen molar-refractivity contribution in [3.8, 4) is 0 Å². The molecule has 1 unspecified atom stereocenters. The lowest BCUT2D eigenvalue weighted by molar-refractivity contribution is 0.328. The third kappa shape index (κ3) is 3.15. The summed E-state index contributed by atoms with van der Waals surface area (Å²) in [7, 11) is 2.21. The van der Waals surface area contributed by atoms with Gasteiger partial charge < -0.3 is 9.80 Å². The molecule has 0 aliphatic carbocycles. The van der Waals surface area contributed by atoms with Gasteiger partial charge in [0.05, 0.1) is 11.6 Å². The Labute approximate surface area is 115 Å². The summed E-state index contributed by atoms with van der Waals surface area (Å²) in [5.41, 5.74) is 2.23. The first-order valence-electron chi connectivity index (χ1n) is 6.70. The van der Waals surface area contributed by atoms with Gasteiger partial charge in [0.15, 0.2) is 0 Å². The smallest absolute Gasteiger partial charge is 0.0648 e. The number of likely N-dealkylation sites (N-methyl/N-ethyl adjacent to an activating group) is 1. The number of hydrogen-bond acceptors (Lipinski definition) is 3. The van der Waals surface area contributed by atoms with Crippen LogP contribution in [-0.2, 0) is 5.88 Å². The Morgan fingerprint density at radius 2 is 2.28 bits per heavy atom. The van der Waals surface area contributed by atoms with E-state index in [4.69, 9.17) is 11.6 Å². The number of hydrogen-bond donors (Lipinski definition) is 0. The van der Waals surface area contributed by atoms with Gasteiger partial charge in [0.25, 0.3) is 0 Å². The standard InChI is InChI=1S/C14H22ClN3/c1-3-13-11-17(2)7-4-8-18(13)14-5-6-16-12(9-14)10-15/h5-6,9,13H,3-4,7-8,10-11H2,1-2H3. The largest absolute Gasteiger partial charge is 0.367 e. The molecule has 2 rings (SSSR count). The minimum atomic E-state index is 0.484. The maximum absolute atomic E-state index is 5.87. The third-order valence-corrected chi connectivity index (χ3v) is 3.92. The Morgan fingerprint density at radius 3 is 3.00 bits per heavy atom. The number of anilines is 1. The average Bonchev–Trinajstić information content (AvgIpc) is 2.60. The molecule has 2 heterocycles. The first kappa shape index (κ1) is 13.6. The monoisotopic (exact) mass is 267 g/mol. The summed E-state index contributed by atoms with van der Waals surface area (Å²) in [6, 6.07) is 4.81. The summed E-state index contributed by atoms with van der Waals surface area (Å²) in [6.45, 7) is 5.70. The fourth-order valence-electron chi connectivity index (χ4n) is 2.65. The van der Waals surface area contributed by atoms with E-state index in [1.54, 1.807) is 0 Å². The van der Waals surface area contributed by atoms with Crippen LogP contribution >= 0.6 is 11.6 Å². The third-order valence-electron chi connectivity index (χ3n) is 3.64. The summed E-state index contributed by atoms with van der Waals surface area (Å²) in [5.74, 6) is 0.484. The Morgan fingerprint density at radius 1 is 1.44 bits per heavy atom. The molecule has 0 aromatic carbocycles. The van der Waals surface area contributed by atoms with Gasteiger partial charge in [0, 0.05) is 31.0 Å². The van der Waals surface area contributed by atoms with Crippen molar-refractivity contribution in [3.05, 3.63) is 24.0 Å². The number of pyridine rings is 1. The fourth-order valence-corrected chi connectivity index (χ4v) is 2.80. The molecule has 0 N–H and O–H groups in total. The van der Waals surface area contributed by atoms with Crippen molar-refractivity contribution in [2.75, 3.05) is 31.6 Å². The molecule has 1 saturated heterocycles. The van der Waals surface area contributed by atoms with Crippen LogP contribution in [-0.4, -0.2) is 42.6 Å². The lowest BCUT2D eigenvalue weighted by Crippen LogP contribution is -2.39. The Hall–Kier alpha value is -0.800. The highest BCUT2D eigenvalue weighted by atomic mass is 35.5. The van der Waals surface area contributed by atoms with Crippen LogP contribution < -0.4 is 4.90 Å². The summed E-state index contributed by atoms with van der Waals surface area (Å²) < 4.78 is 0. The summed E-state index contributed by atoms with van der Waals surface area (Å²) in [5, 5.41) is 0. The quantitative estimate of drug-likeness (QED) is 0.785. The zero-order valence-electron chi connectivity index (χ0n) is 11.3. The maximum atomic E-state index is 5.87. The highest BCUT2D eigenvalue weighted by Crippen LogP contribution is 2.22. The van der Waals surface area contributed by atoms with Crippen LogP contribution in [0.2, 0.25) is 0 Å². The minimum Gasteiger partial charge on any atom is -0.367 e. The first-order valence-corrected chi connectivity index (χ1v) is 7.24. The van der Waals surface area contributed by atoms with Crippen molar-refractivity contribution in [2.24, 2.45) is 0 Å². The molecule has 1 aliphatic heterocycles. The van der Waals surface area contributed by atoms with Crippen LogP contribution in [0.25, 0.3) is 0 Å². The van der Waals surface area contributed by atoms with Gasteiger partial charge in [-0.05, 0) is 38.6 Å². The van der Waals surface area contributed by atoms with Crippen LogP contribution in [0.5, 0.6) is 0 Å². The molecule has 1 atom stereocenters. The normalized spacial score (nSPS) is 21.9. The lowest BCUT2D eigenvalue weighted by Gasteiger charge is -2.32. The Kier molecular flexibility index (Phi) is 4.84. The molecule has 0 saturated carbocycles. The van der Waals surface area contributed by atoms with Crippen molar-refractivity contribution < 1.29 is 0 Å². The molecule has 0 radical (unpaired) electrons. The second kappa shape index (κ2) is 6.39. The highest BCUT2D eigenvalue weighted by molar-refractivity contribution is 6.16. The van der Waals surface area contributed by atoms with Gasteiger partial charge >= 0.3 is 0 Å². The molecule has 0 amide bonds. The molecule has 0 bridgehead atoms. The van der Waals surface area contributed by atoms with Crippen LogP contribution in [0, 0.1) is 0 Å². The van der Waals surface area contributed by atoms with Crippen LogP contribution in [0.1, 0.15) is 25.5 Å². The highest BCUT2D eigenvalue weighted by Gasteiger charge is 2.22. The van der Waals surface area contributed by atoms with Gasteiger partial charge in [-0.15, -0.1) is 11.6 Å². The van der Waals surface area contributed by atoms with Crippen molar-refractivity contribution in [1.82, 2.24) is 9.88 Å². The van der Waals surface area contributed by atoms with Crippen molar-refractivity contribution in [3.63, 3.8) is 0 Å². The summed E-state index contributed by atoms with van der Waals surface area (Å²) in [6.07, 6.45) is 4.25. The number of halogens is 1. The SMILES string of the molecule is CCC1CN(C)CCCN1c1ccnc(CCl)c1. The zero-order chi connectivity index (χ0) is 13.0. The van der Waals surface area contributed by atoms with E-state index < -0.39 is 0 Å². The second-order valence-corrected chi connectivity index (χ2v) is 5.28. The molecule has 100 valence electrons. The first-order chi connectivity index (χ1) is 8.74. The number of aromatic nitrogens is 1. The Balaban J connectivity index is 2.22. The number of rotatable bonds is 3. The summed E-state index contributed by atoms with van der Waals surface area (Å²) >= 11 is 5.87. The predicted molar refractivity (Wildman–Crippen MR) is 77.3 cm³/mol. The second-order valence-electron chi connectivity index (χ2n) is 5.01. The van der Waals surface area contributed by atoms with E-state index >= 15 is 0 Å². The number of nitrogens with zero attached hydrogens (tertiary/aromatic N) is 3. The molecule has 1 aliphatic rings. The molecule has 4 heteroatoms. The van der Waals surface area contributed by atoms with E-state index in [0.29, 0.717) is 11.9 Å². The zero-order valence-corrected chi connectivity index (χ0v) is 12.0. The molecular formula is C14H22ClN3. The van der Waals surface area contributed by atoms with E-state index in [1.165, 1.54) is 25.1 Å². The molecule has 0 spiro atoms. The van der Waals surface area contributed by atoms with E-state index in [-0.39, 0.29) is 0 Å². The number of alkyl halides is 1. The fraction of sp³-hybridized carbons (Fsp3) is 0.643. The predicted octanol–water partition coefficient (Wildman–Crippen LogP) is 2.74. The average molecular weight is 268 g/mol. The van der Waals surface area contributed by atoms with Gasteiger partial charge in [0.2, 0.25) is 0 Å². The van der Waals surface area contributed by atoms with Crippen LogP contribution in [0.4, 0.5) is 5.69 Å². The lowest BCUT2D eigenvalue weighted by atomic mass is 10.1. The van der Waals surface area contributed by atoms with Crippen molar-refractivity contribution in [2.45, 2.75) is 31.7 Å². The van der Waals surface area contributed by atoms with E-state index in [2.05, 4.69) is 40.9 Å². The minimum absolute atomic E-state index is 0.484. The molecular weight excluding hydrogens is 246 g/mol. The van der Waals surface area contributed by atoms with Crippen LogP contribution in [0.3, 0.4) is 0 Å². The van der Waals surface area contributed by atoms with Gasteiger partial charge in [-0.2, -0.15) is 0 Å². The Bertz CT molecular complexity index is 383. The van der Waals surface area contributed by atoms with Crippen LogP contribution in [0.15, 0.2) is 18.3 Å². The van der Waals surface area contributed by atoms with Crippen molar-refractivity contribution in [1.29, 1.82) is 0 Å². The summed E-state index contributed by atoms with van der Waals surface area (Å²) in [4.78, 5) is 9.22. The molecule has 1 aromatic heterocycles. The van der Waals surface area contributed by atoms with Gasteiger partial charge in [-0.25, -0.2) is 0 Å². The topological polar surface area (TPSA) is 19.4 Å². The van der Waals surface area contributed by atoms with Gasteiger partial charge in [-0.3, -0.25) is 4.98 Å². The van der Waals surface area contributed by atoms with E-state index in [9.17, 15) is 0 Å².